The van der Waals surface area contributed by atoms with Crippen molar-refractivity contribution in [2.24, 2.45) is 0 Å². The van der Waals surface area contributed by atoms with Gasteiger partial charge >= 0.3 is 0 Å². The van der Waals surface area contributed by atoms with Crippen LogP contribution in [0.5, 0.6) is 11.5 Å². The fourth-order valence-electron chi connectivity index (χ4n) is 2.97. The Morgan fingerprint density at radius 3 is 2.28 bits per heavy atom. The normalized spacial score (nSPS) is 10.7. The third-order valence-electron chi connectivity index (χ3n) is 4.50. The maximum Gasteiger partial charge on any atom is 0.264 e. The number of nitrogens with zero attached hydrogens (tertiary/aromatic N) is 2. The van der Waals surface area contributed by atoms with Crippen LogP contribution in [0.2, 0.25) is 0 Å². The first-order valence-electron chi connectivity index (χ1n) is 10.9. The number of rotatable bonds is 10. The van der Waals surface area contributed by atoms with Crippen molar-refractivity contribution in [3.05, 3.63) is 66.5 Å². The molecule has 1 aromatic heterocycles. The number of benzene rings is 2. The fraction of sp³-hybridized carbons (Fsp3) is 0.217. The summed E-state index contributed by atoms with van der Waals surface area (Å²) in [5, 5.41) is 2.99. The molecule has 0 bridgehead atoms. The molecule has 190 valence electrons. The third kappa shape index (κ3) is 7.78. The zero-order valence-corrected chi connectivity index (χ0v) is 21.3. The van der Waals surface area contributed by atoms with Crippen LogP contribution >= 0.6 is 12.2 Å². The van der Waals surface area contributed by atoms with Crippen LogP contribution in [-0.2, 0) is 21.2 Å². The molecule has 13 heteroatoms. The van der Waals surface area contributed by atoms with Gasteiger partial charge in [0.25, 0.3) is 10.0 Å². The highest BCUT2D eigenvalue weighted by atomic mass is 32.2. The van der Waals surface area contributed by atoms with Crippen LogP contribution in [0, 0.1) is 0 Å². The molecule has 0 fully saturated rings. The lowest BCUT2D eigenvalue weighted by molar-refractivity contribution is -0.121. The number of carbonyl (C=O) groups is 1. The Kier molecular flexibility index (Phi) is 9.36. The topological polar surface area (TPSA) is 144 Å². The maximum absolute atomic E-state index is 12.5. The fourth-order valence-corrected chi connectivity index (χ4v) is 4.10. The minimum atomic E-state index is -3.85. The lowest BCUT2D eigenvalue weighted by Gasteiger charge is -2.14. The molecular formula is C23H26N6O5S2. The highest BCUT2D eigenvalue weighted by Gasteiger charge is 2.15. The number of anilines is 2. The quantitative estimate of drug-likeness (QED) is 0.228. The summed E-state index contributed by atoms with van der Waals surface area (Å²) >= 11 is 5.19. The predicted octanol–water partition coefficient (Wildman–Crippen LogP) is 2.64. The number of amides is 1. The molecule has 3 aromatic rings. The molecular weight excluding hydrogens is 504 g/mol. The van der Waals surface area contributed by atoms with Gasteiger partial charge in [-0.15, -0.1) is 0 Å². The monoisotopic (exact) mass is 530 g/mol. The van der Waals surface area contributed by atoms with Gasteiger partial charge in [-0.2, -0.15) is 0 Å². The van der Waals surface area contributed by atoms with E-state index in [2.05, 4.69) is 30.9 Å². The molecule has 3 rings (SSSR count). The van der Waals surface area contributed by atoms with E-state index in [1.807, 2.05) is 13.8 Å². The Morgan fingerprint density at radius 2 is 1.61 bits per heavy atom. The van der Waals surface area contributed by atoms with Crippen molar-refractivity contribution in [1.29, 1.82) is 0 Å². The van der Waals surface area contributed by atoms with Crippen molar-refractivity contribution in [1.82, 2.24) is 20.8 Å². The van der Waals surface area contributed by atoms with E-state index in [1.54, 1.807) is 24.3 Å². The Morgan fingerprint density at radius 1 is 0.944 bits per heavy atom. The molecule has 1 amide bonds. The number of hydrazine groups is 1. The Labute approximate surface area is 214 Å². The second-order valence-corrected chi connectivity index (χ2v) is 9.24. The van der Waals surface area contributed by atoms with E-state index in [4.69, 9.17) is 21.7 Å². The smallest absolute Gasteiger partial charge is 0.264 e. The van der Waals surface area contributed by atoms with E-state index in [1.165, 1.54) is 36.7 Å². The molecule has 0 spiro atoms. The van der Waals surface area contributed by atoms with Gasteiger partial charge in [-0.05, 0) is 74.1 Å². The summed E-state index contributed by atoms with van der Waals surface area (Å²) < 4.78 is 38.3. The summed E-state index contributed by atoms with van der Waals surface area (Å²) in [6.07, 6.45) is 2.95. The van der Waals surface area contributed by atoms with E-state index < -0.39 is 10.0 Å². The minimum Gasteiger partial charge on any atom is -0.490 e. The number of nitrogens with one attached hydrogen (secondary N) is 4. The van der Waals surface area contributed by atoms with Crippen LogP contribution in [0.4, 0.5) is 11.6 Å². The zero-order valence-electron chi connectivity index (χ0n) is 19.6. The molecule has 0 atom stereocenters. The summed E-state index contributed by atoms with van der Waals surface area (Å²) in [5.41, 5.74) is 6.40. The van der Waals surface area contributed by atoms with Crippen molar-refractivity contribution < 1.29 is 22.7 Å². The molecule has 4 N–H and O–H groups in total. The van der Waals surface area contributed by atoms with Crippen molar-refractivity contribution in [2.75, 3.05) is 23.3 Å². The molecule has 0 saturated carbocycles. The zero-order chi connectivity index (χ0) is 26.0. The predicted molar refractivity (Wildman–Crippen MR) is 139 cm³/mol. The van der Waals surface area contributed by atoms with Crippen LogP contribution in [0.25, 0.3) is 0 Å². The lowest BCUT2D eigenvalue weighted by atomic mass is 10.1. The first kappa shape index (κ1) is 26.6. The number of hydrogen-bond donors (Lipinski definition) is 4. The van der Waals surface area contributed by atoms with Gasteiger partial charge in [0.05, 0.1) is 24.5 Å². The number of hydrogen-bond acceptors (Lipinski definition) is 8. The first-order chi connectivity index (χ1) is 17.3. The summed E-state index contributed by atoms with van der Waals surface area (Å²) in [6, 6.07) is 12.8. The van der Waals surface area contributed by atoms with Crippen molar-refractivity contribution >= 4 is 44.9 Å². The second-order valence-electron chi connectivity index (χ2n) is 7.15. The molecule has 36 heavy (non-hydrogen) atoms. The van der Waals surface area contributed by atoms with Gasteiger partial charge in [-0.25, -0.2) is 23.1 Å². The minimum absolute atomic E-state index is 0.0226. The van der Waals surface area contributed by atoms with E-state index in [0.29, 0.717) is 30.4 Å². The lowest BCUT2D eigenvalue weighted by Crippen LogP contribution is -2.44. The Hall–Kier alpha value is -3.97. The van der Waals surface area contributed by atoms with Gasteiger partial charge in [-0.3, -0.25) is 15.6 Å². The molecule has 0 aliphatic heterocycles. The number of thiocarbonyl (C=S) groups is 1. The van der Waals surface area contributed by atoms with Crippen molar-refractivity contribution in [3.8, 4) is 11.5 Å². The van der Waals surface area contributed by atoms with Crippen molar-refractivity contribution in [3.63, 3.8) is 0 Å². The van der Waals surface area contributed by atoms with Crippen molar-refractivity contribution in [2.45, 2.75) is 25.2 Å². The molecule has 0 aliphatic carbocycles. The van der Waals surface area contributed by atoms with E-state index in [0.717, 1.165) is 5.56 Å². The van der Waals surface area contributed by atoms with Crippen LogP contribution in [0.15, 0.2) is 65.8 Å². The van der Waals surface area contributed by atoms with E-state index in [9.17, 15) is 13.2 Å². The van der Waals surface area contributed by atoms with Gasteiger partial charge in [-0.1, -0.05) is 6.07 Å². The number of aromatic nitrogens is 2. The molecule has 0 radical (unpaired) electrons. The van der Waals surface area contributed by atoms with Crippen LogP contribution in [0.1, 0.15) is 19.4 Å². The van der Waals surface area contributed by atoms with Crippen LogP contribution < -0.4 is 30.4 Å². The highest BCUT2D eigenvalue weighted by Crippen LogP contribution is 2.28. The summed E-state index contributed by atoms with van der Waals surface area (Å²) in [7, 11) is -3.85. The second kappa shape index (κ2) is 12.7. The summed E-state index contributed by atoms with van der Waals surface area (Å²) in [5.74, 6) is 0.850. The van der Waals surface area contributed by atoms with Gasteiger partial charge in [0, 0.05) is 18.1 Å². The molecule has 2 aromatic carbocycles. The SMILES string of the molecule is CCOc1ccc(CC(=O)NNC(=S)Nc2ccc(S(=O)(=O)Nc3ncccn3)cc2)cc1OCC. The summed E-state index contributed by atoms with van der Waals surface area (Å²) in [6.45, 7) is 4.74. The van der Waals surface area contributed by atoms with E-state index >= 15 is 0 Å². The molecule has 11 nitrogen and oxygen atoms in total. The number of sulfonamides is 1. The molecule has 0 saturated heterocycles. The largest absolute Gasteiger partial charge is 0.490 e. The Bertz CT molecular complexity index is 1290. The van der Waals surface area contributed by atoms with Crippen LogP contribution in [-0.4, -0.2) is 42.6 Å². The van der Waals surface area contributed by atoms with E-state index in [-0.39, 0.29) is 28.3 Å². The summed E-state index contributed by atoms with van der Waals surface area (Å²) in [4.78, 5) is 20.1. The third-order valence-corrected chi connectivity index (χ3v) is 6.05. The van der Waals surface area contributed by atoms with Gasteiger partial charge < -0.3 is 14.8 Å². The average molecular weight is 531 g/mol. The molecule has 1 heterocycles. The number of carbonyl (C=O) groups excluding carboxylic acids is 1. The van der Waals surface area contributed by atoms with Gasteiger partial charge in [0.2, 0.25) is 11.9 Å². The average Bonchev–Trinajstić information content (AvgIpc) is 2.85. The molecule has 0 aliphatic rings. The van der Waals surface area contributed by atoms with Gasteiger partial charge in [0.15, 0.2) is 16.6 Å². The molecule has 0 unspecified atom stereocenters. The number of ether oxygens (including phenoxy) is 2. The highest BCUT2D eigenvalue weighted by molar-refractivity contribution is 7.92. The first-order valence-corrected chi connectivity index (χ1v) is 12.8. The maximum atomic E-state index is 12.5. The Balaban J connectivity index is 1.50. The van der Waals surface area contributed by atoms with Crippen LogP contribution in [0.3, 0.4) is 0 Å². The standard InChI is InChI=1S/C23H26N6O5S2/c1-3-33-19-11-6-16(14-20(19)34-4-2)15-21(30)27-28-23(35)26-17-7-9-18(10-8-17)36(31,32)29-22-24-12-5-13-25-22/h5-14H,3-4,15H2,1-2H3,(H,27,30)(H,24,25,29)(H2,26,28,35). The van der Waals surface area contributed by atoms with Gasteiger partial charge in [0.1, 0.15) is 0 Å².